The fourth-order valence-corrected chi connectivity index (χ4v) is 4.88. The Morgan fingerprint density at radius 3 is 2.12 bits per heavy atom. The van der Waals surface area contributed by atoms with Crippen molar-refractivity contribution < 1.29 is 0 Å². The van der Waals surface area contributed by atoms with Gasteiger partial charge < -0.3 is 4.98 Å². The lowest BCUT2D eigenvalue weighted by atomic mass is 9.58. The molecule has 0 bridgehead atoms. The van der Waals surface area contributed by atoms with Crippen molar-refractivity contribution in [2.24, 2.45) is 0 Å². The van der Waals surface area contributed by atoms with E-state index in [0.717, 1.165) is 11.2 Å². The van der Waals surface area contributed by atoms with Crippen LogP contribution in [0, 0.1) is 0 Å². The number of aromatic nitrogens is 3. The van der Waals surface area contributed by atoms with E-state index < -0.39 is 0 Å². The van der Waals surface area contributed by atoms with Crippen LogP contribution in [-0.4, -0.2) is 22.2 Å². The van der Waals surface area contributed by atoms with E-state index in [9.17, 15) is 0 Å². The number of nitrogens with zero attached hydrogens (tertiary/aromatic N) is 2. The van der Waals surface area contributed by atoms with Gasteiger partial charge in [0.15, 0.2) is 12.9 Å². The average molecular weight is 350 g/mol. The van der Waals surface area contributed by atoms with Crippen LogP contribution in [-0.2, 0) is 0 Å². The van der Waals surface area contributed by atoms with Crippen molar-refractivity contribution in [2.75, 3.05) is 0 Å². The molecule has 0 atom stereocenters. The quantitative estimate of drug-likeness (QED) is 0.727. The smallest absolute Gasteiger partial charge is 0.178 e. The molecule has 139 valence electrons. The number of hydrogen-bond donors (Lipinski definition) is 1. The molecule has 0 saturated heterocycles. The summed E-state index contributed by atoms with van der Waals surface area (Å²) in [5.74, 6) is 1.32. The largest absolute Gasteiger partial charge is 0.351 e. The van der Waals surface area contributed by atoms with Gasteiger partial charge in [-0.1, -0.05) is 82.9 Å². The van der Waals surface area contributed by atoms with Gasteiger partial charge in [0, 0.05) is 12.1 Å². The summed E-state index contributed by atoms with van der Waals surface area (Å²) in [6.45, 7) is 0. The Hall–Kier alpha value is -1.32. The molecule has 0 aliphatic heterocycles. The lowest BCUT2D eigenvalue weighted by Gasteiger charge is -2.18. The Balaban J connectivity index is 1.46. The van der Waals surface area contributed by atoms with Crippen LogP contribution in [0.2, 0.25) is 5.82 Å². The fraction of sp³-hybridized carbons (Fsp3) is 0.727. The van der Waals surface area contributed by atoms with Gasteiger partial charge in [-0.2, -0.15) is 0 Å². The van der Waals surface area contributed by atoms with Gasteiger partial charge in [0.1, 0.15) is 5.52 Å². The first-order valence-electron chi connectivity index (χ1n) is 11.1. The monoisotopic (exact) mass is 350 g/mol. The first-order valence-corrected chi connectivity index (χ1v) is 11.1. The van der Waals surface area contributed by atoms with Crippen molar-refractivity contribution in [1.29, 1.82) is 0 Å². The summed E-state index contributed by atoms with van der Waals surface area (Å²) in [5.41, 5.74) is 4.44. The fourth-order valence-electron chi connectivity index (χ4n) is 4.88. The number of fused-ring (bicyclic) bond motifs is 1. The Morgan fingerprint density at radius 2 is 1.42 bits per heavy atom. The molecule has 2 aromatic rings. The minimum atomic E-state index is 0.605. The molecule has 4 heteroatoms. The number of hydrogen-bond acceptors (Lipinski definition) is 2. The molecule has 1 N–H and O–H groups in total. The summed E-state index contributed by atoms with van der Waals surface area (Å²) in [6, 6.07) is 2.20. The topological polar surface area (TPSA) is 41.6 Å². The highest BCUT2D eigenvalue weighted by molar-refractivity contribution is 6.54. The van der Waals surface area contributed by atoms with Crippen LogP contribution >= 0.6 is 0 Å². The van der Waals surface area contributed by atoms with Crippen molar-refractivity contribution in [3.8, 4) is 0 Å². The Kier molecular flexibility index (Phi) is 6.29. The lowest BCUT2D eigenvalue weighted by molar-refractivity contribution is 0.449. The van der Waals surface area contributed by atoms with E-state index in [4.69, 9.17) is 9.97 Å². The van der Waals surface area contributed by atoms with Gasteiger partial charge in [0.2, 0.25) is 0 Å². The average Bonchev–Trinajstić information content (AvgIpc) is 2.98. The van der Waals surface area contributed by atoms with Crippen LogP contribution in [0.25, 0.3) is 11.2 Å². The molecule has 2 saturated carbocycles. The van der Waals surface area contributed by atoms with Crippen molar-refractivity contribution in [3.05, 3.63) is 18.0 Å². The molecule has 2 aliphatic rings. The molecule has 2 fully saturated rings. The number of rotatable bonds is 3. The third-order valence-electron chi connectivity index (χ3n) is 6.46. The zero-order valence-electron chi connectivity index (χ0n) is 16.2. The lowest BCUT2D eigenvalue weighted by Crippen LogP contribution is -2.21. The molecule has 0 unspecified atom stereocenters. The molecule has 1 radical (unpaired) electrons. The minimum absolute atomic E-state index is 0.605. The van der Waals surface area contributed by atoms with Crippen LogP contribution in [0.3, 0.4) is 0 Å². The number of aromatic amines is 1. The first kappa shape index (κ1) is 18.1. The van der Waals surface area contributed by atoms with E-state index in [-0.39, 0.29) is 0 Å². The van der Waals surface area contributed by atoms with Crippen LogP contribution in [0.5, 0.6) is 0 Å². The number of nitrogens with one attached hydrogen (secondary N) is 1. The van der Waals surface area contributed by atoms with Crippen molar-refractivity contribution >= 4 is 24.0 Å². The van der Waals surface area contributed by atoms with Gasteiger partial charge in [-0.05, 0) is 24.5 Å². The first-order chi connectivity index (χ1) is 12.9. The van der Waals surface area contributed by atoms with Crippen molar-refractivity contribution in [3.63, 3.8) is 0 Å². The highest BCUT2D eigenvalue weighted by Gasteiger charge is 2.18. The predicted molar refractivity (Wildman–Crippen MR) is 110 cm³/mol. The summed E-state index contributed by atoms with van der Waals surface area (Å²) >= 11 is 0. The molecule has 2 aliphatic carbocycles. The molecular formula is C22H33BN3. The molecular weight excluding hydrogens is 317 g/mol. The molecule has 2 heterocycles. The zero-order chi connectivity index (χ0) is 17.6. The van der Waals surface area contributed by atoms with Gasteiger partial charge in [-0.25, -0.2) is 4.98 Å². The van der Waals surface area contributed by atoms with E-state index in [0.29, 0.717) is 11.7 Å². The minimum Gasteiger partial charge on any atom is -0.351 e. The predicted octanol–water partition coefficient (Wildman–Crippen LogP) is 5.65. The van der Waals surface area contributed by atoms with Crippen LogP contribution < -0.4 is 5.59 Å². The molecule has 2 aromatic heterocycles. The zero-order valence-corrected chi connectivity index (χ0v) is 16.2. The van der Waals surface area contributed by atoms with E-state index in [1.54, 1.807) is 0 Å². The standard InChI is InChI=1S/C22H33BN3/c1-3-7-11-17(12-8-4-1)20-16-24-19-15-21(26-22(19)25-20)23-18-13-9-5-2-6-10-14-18/h15-18H,1-14H2,(H,25,26). The van der Waals surface area contributed by atoms with Gasteiger partial charge in [-0.3, -0.25) is 4.98 Å². The van der Waals surface area contributed by atoms with Crippen molar-refractivity contribution in [1.82, 2.24) is 15.0 Å². The maximum absolute atomic E-state index is 4.98. The van der Waals surface area contributed by atoms with E-state index >= 15 is 0 Å². The van der Waals surface area contributed by atoms with Crippen LogP contribution in [0.15, 0.2) is 12.3 Å². The van der Waals surface area contributed by atoms with Gasteiger partial charge >= 0.3 is 0 Å². The van der Waals surface area contributed by atoms with E-state index in [1.807, 2.05) is 6.20 Å². The number of H-pyrrole nitrogens is 1. The van der Waals surface area contributed by atoms with Gasteiger partial charge in [0.05, 0.1) is 5.69 Å². The summed E-state index contributed by atoms with van der Waals surface area (Å²) < 4.78 is 0. The maximum Gasteiger partial charge on any atom is 0.178 e. The maximum atomic E-state index is 4.98. The summed E-state index contributed by atoms with van der Waals surface area (Å²) in [7, 11) is 2.45. The van der Waals surface area contributed by atoms with Gasteiger partial charge in [0.25, 0.3) is 0 Å². The van der Waals surface area contributed by atoms with Crippen molar-refractivity contribution in [2.45, 2.75) is 102 Å². The second kappa shape index (κ2) is 9.06. The molecule has 0 aromatic carbocycles. The SMILES string of the molecule is [B](c1cc2ncc(C3CCCCCCC3)nc2[nH]1)C1CCCCCCC1. The summed E-state index contributed by atoms with van der Waals surface area (Å²) in [6.07, 6.45) is 21.1. The molecule has 26 heavy (non-hydrogen) atoms. The summed E-state index contributed by atoms with van der Waals surface area (Å²) in [5, 5.41) is 0. The third-order valence-corrected chi connectivity index (χ3v) is 6.46. The van der Waals surface area contributed by atoms with Gasteiger partial charge in [-0.15, -0.1) is 0 Å². The second-order valence-electron chi connectivity index (χ2n) is 8.57. The highest BCUT2D eigenvalue weighted by Crippen LogP contribution is 2.30. The normalized spacial score (nSPS) is 21.7. The second-order valence-corrected chi connectivity index (χ2v) is 8.57. The van der Waals surface area contributed by atoms with E-state index in [2.05, 4.69) is 18.3 Å². The van der Waals surface area contributed by atoms with Crippen LogP contribution in [0.4, 0.5) is 0 Å². The Morgan fingerprint density at radius 1 is 0.808 bits per heavy atom. The summed E-state index contributed by atoms with van der Waals surface area (Å²) in [4.78, 5) is 13.3. The van der Waals surface area contributed by atoms with E-state index in [1.165, 1.54) is 101 Å². The van der Waals surface area contributed by atoms with Crippen LogP contribution in [0.1, 0.15) is 102 Å². The third kappa shape index (κ3) is 4.69. The highest BCUT2D eigenvalue weighted by atomic mass is 14.9. The molecule has 3 nitrogen and oxygen atoms in total. The Bertz CT molecular complexity index is 680. The Labute approximate surface area is 159 Å². The molecule has 0 spiro atoms. The molecule has 0 amide bonds. The molecule has 4 rings (SSSR count).